The van der Waals surface area contributed by atoms with Crippen molar-refractivity contribution in [3.05, 3.63) is 45.3 Å². The van der Waals surface area contributed by atoms with Crippen LogP contribution in [0.4, 0.5) is 0 Å². The molecule has 5 heteroatoms. The van der Waals surface area contributed by atoms with E-state index in [4.69, 9.17) is 0 Å². The summed E-state index contributed by atoms with van der Waals surface area (Å²) in [5.41, 5.74) is 5.84. The third kappa shape index (κ3) is 2.54. The molecule has 0 spiro atoms. The van der Waals surface area contributed by atoms with E-state index < -0.39 is 5.41 Å². The quantitative estimate of drug-likeness (QED) is 0.506. The smallest absolute Gasteiger partial charge is 0.233 e. The van der Waals surface area contributed by atoms with E-state index in [0.29, 0.717) is 12.1 Å². The van der Waals surface area contributed by atoms with Crippen LogP contribution >= 0.6 is 11.3 Å². The van der Waals surface area contributed by atoms with Crippen molar-refractivity contribution in [1.82, 2.24) is 9.88 Å². The van der Waals surface area contributed by atoms with Gasteiger partial charge in [-0.1, -0.05) is 18.6 Å². The lowest BCUT2D eigenvalue weighted by Gasteiger charge is -2.31. The Morgan fingerprint density at radius 3 is 2.41 bits per heavy atom. The van der Waals surface area contributed by atoms with E-state index in [1.54, 1.807) is 11.3 Å². The first-order valence-corrected chi connectivity index (χ1v) is 12.6. The molecule has 166 valence electrons. The number of aryl methyl sites for hydroxylation is 2. The minimum atomic E-state index is -0.586. The number of nitrogens with zero attached hydrogens (tertiary/aromatic N) is 1. The van der Waals surface area contributed by atoms with Crippen molar-refractivity contribution >= 4 is 33.2 Å². The van der Waals surface area contributed by atoms with E-state index in [-0.39, 0.29) is 17.6 Å². The van der Waals surface area contributed by atoms with Gasteiger partial charge in [0.2, 0.25) is 5.91 Å². The Hall–Kier alpha value is -2.40. The first-order valence-electron chi connectivity index (χ1n) is 11.8. The predicted octanol–water partition coefficient (Wildman–Crippen LogP) is 6.24. The molecule has 1 N–H and O–H groups in total. The summed E-state index contributed by atoms with van der Waals surface area (Å²) in [7, 11) is 0. The molecule has 2 aromatic heterocycles. The third-order valence-corrected chi connectivity index (χ3v) is 9.58. The second-order valence-electron chi connectivity index (χ2n) is 10.7. The highest BCUT2D eigenvalue weighted by Crippen LogP contribution is 2.48. The van der Waals surface area contributed by atoms with Gasteiger partial charge in [0.05, 0.1) is 16.7 Å². The number of rotatable bonds is 2. The molecule has 1 aromatic carbocycles. The van der Waals surface area contributed by atoms with Crippen molar-refractivity contribution < 1.29 is 9.59 Å². The average Bonchev–Trinajstić information content (AvgIpc) is 3.49. The minimum Gasteiger partial charge on any atom is -0.346 e. The van der Waals surface area contributed by atoms with Gasteiger partial charge in [-0.05, 0) is 76.6 Å². The first kappa shape index (κ1) is 20.2. The molecule has 4 heterocycles. The lowest BCUT2D eigenvalue weighted by Crippen LogP contribution is -2.45. The molecule has 1 amide bonds. The van der Waals surface area contributed by atoms with Gasteiger partial charge in [-0.15, -0.1) is 11.3 Å². The number of carbonyl (C=O) groups excluding carboxylic acids is 2. The van der Waals surface area contributed by atoms with Crippen LogP contribution in [0.2, 0.25) is 0 Å². The highest BCUT2D eigenvalue weighted by atomic mass is 32.1. The summed E-state index contributed by atoms with van der Waals surface area (Å²) in [6.45, 7) is 10.3. The Bertz CT molecular complexity index is 1290. The van der Waals surface area contributed by atoms with Gasteiger partial charge in [0.15, 0.2) is 5.78 Å². The second kappa shape index (κ2) is 6.57. The van der Waals surface area contributed by atoms with Crippen molar-refractivity contribution in [2.45, 2.75) is 83.7 Å². The first-order chi connectivity index (χ1) is 15.2. The second-order valence-corrected chi connectivity index (χ2v) is 11.7. The van der Waals surface area contributed by atoms with Crippen LogP contribution in [0, 0.1) is 13.8 Å². The Balaban J connectivity index is 1.46. The minimum absolute atomic E-state index is 0.157. The van der Waals surface area contributed by atoms with Gasteiger partial charge in [-0.3, -0.25) is 9.59 Å². The van der Waals surface area contributed by atoms with Crippen LogP contribution in [-0.2, 0) is 10.2 Å². The zero-order valence-electron chi connectivity index (χ0n) is 19.5. The number of Topliss-reactive ketones (excluding diaryl/α,β-unsaturated/α-hetero) is 1. The van der Waals surface area contributed by atoms with Gasteiger partial charge in [0.25, 0.3) is 0 Å². The number of hydrogen-bond acceptors (Lipinski definition) is 3. The number of nitrogens with one attached hydrogen (secondary N) is 1. The van der Waals surface area contributed by atoms with Crippen molar-refractivity contribution in [2.75, 3.05) is 0 Å². The van der Waals surface area contributed by atoms with Crippen LogP contribution in [0.25, 0.3) is 21.5 Å². The normalized spacial score (nSPS) is 24.3. The fourth-order valence-corrected chi connectivity index (χ4v) is 7.69. The molecular formula is C27H30N2O2S. The zero-order chi connectivity index (χ0) is 22.5. The Morgan fingerprint density at radius 2 is 1.75 bits per heavy atom. The van der Waals surface area contributed by atoms with E-state index in [9.17, 15) is 9.59 Å². The molecule has 2 aliphatic heterocycles. The molecule has 0 saturated carbocycles. The molecule has 4 nitrogen and oxygen atoms in total. The van der Waals surface area contributed by atoms with Gasteiger partial charge in [0.1, 0.15) is 4.83 Å². The van der Waals surface area contributed by atoms with Gasteiger partial charge < -0.3 is 9.88 Å². The number of aromatic nitrogens is 1. The summed E-state index contributed by atoms with van der Waals surface area (Å²) in [5, 5.41) is 0.979. The van der Waals surface area contributed by atoms with Gasteiger partial charge in [-0.25, -0.2) is 0 Å². The molecule has 3 aliphatic rings. The summed E-state index contributed by atoms with van der Waals surface area (Å²) in [5.74, 6) is 0.267. The molecule has 3 aromatic rings. The summed E-state index contributed by atoms with van der Waals surface area (Å²) >= 11 is 1.64. The van der Waals surface area contributed by atoms with Crippen molar-refractivity contribution in [3.63, 3.8) is 0 Å². The zero-order valence-corrected chi connectivity index (χ0v) is 20.3. The van der Waals surface area contributed by atoms with Gasteiger partial charge in [-0.2, -0.15) is 0 Å². The number of benzene rings is 1. The number of aromatic amines is 1. The number of thiophene rings is 1. The summed E-state index contributed by atoms with van der Waals surface area (Å²) < 4.78 is 0. The summed E-state index contributed by atoms with van der Waals surface area (Å²) in [6, 6.07) is 7.33. The number of carbonyl (C=O) groups is 2. The van der Waals surface area contributed by atoms with Crippen LogP contribution in [0.15, 0.2) is 18.2 Å². The van der Waals surface area contributed by atoms with E-state index in [1.165, 1.54) is 11.1 Å². The van der Waals surface area contributed by atoms with Crippen LogP contribution < -0.4 is 0 Å². The van der Waals surface area contributed by atoms with Crippen LogP contribution in [0.1, 0.15) is 84.3 Å². The largest absolute Gasteiger partial charge is 0.346 e. The topological polar surface area (TPSA) is 53.2 Å². The van der Waals surface area contributed by atoms with E-state index >= 15 is 0 Å². The molecule has 6 rings (SSSR count). The molecular weight excluding hydrogens is 416 g/mol. The van der Waals surface area contributed by atoms with Crippen LogP contribution in [0.3, 0.4) is 0 Å². The highest BCUT2D eigenvalue weighted by Gasteiger charge is 2.47. The Kier molecular flexibility index (Phi) is 4.15. The van der Waals surface area contributed by atoms with E-state index in [0.717, 1.165) is 63.2 Å². The van der Waals surface area contributed by atoms with Gasteiger partial charge >= 0.3 is 0 Å². The lowest BCUT2D eigenvalue weighted by molar-refractivity contribution is -0.137. The SMILES string of the molecule is Cc1cc(C)c2c(c1)-c1[nH]c3sc(C(C)(C)C(=O)N4C5CCC4CC5)cc3c1C(=O)C2C. The monoisotopic (exact) mass is 446 g/mol. The molecule has 2 saturated heterocycles. The number of ketones is 1. The van der Waals surface area contributed by atoms with Crippen LogP contribution in [-0.4, -0.2) is 33.7 Å². The fraction of sp³-hybridized carbons (Fsp3) is 0.481. The molecule has 2 bridgehead atoms. The van der Waals surface area contributed by atoms with Crippen molar-refractivity contribution in [1.29, 1.82) is 0 Å². The van der Waals surface area contributed by atoms with Gasteiger partial charge in [0, 0.05) is 33.8 Å². The fourth-order valence-electron chi connectivity index (χ4n) is 6.53. The highest BCUT2D eigenvalue weighted by molar-refractivity contribution is 7.19. The molecule has 2 fully saturated rings. The Labute approximate surface area is 193 Å². The van der Waals surface area contributed by atoms with Crippen molar-refractivity contribution in [3.8, 4) is 11.3 Å². The number of hydrogen-bond donors (Lipinski definition) is 1. The third-order valence-electron chi connectivity index (χ3n) is 8.20. The standard InChI is InChI=1S/C27H30N2O2S/c1-13-10-14(2)21-15(3)24(30)22-19-12-20(32-25(19)28-23(22)18(21)11-13)27(4,5)26(31)29-16-6-7-17(29)9-8-16/h10-12,15-17,28H,6-9H2,1-5H3. The summed E-state index contributed by atoms with van der Waals surface area (Å²) in [6.07, 6.45) is 4.59. The number of fused-ring (bicyclic) bond motifs is 7. The van der Waals surface area contributed by atoms with E-state index in [2.05, 4.69) is 55.8 Å². The van der Waals surface area contributed by atoms with E-state index in [1.807, 2.05) is 6.92 Å². The molecule has 1 atom stereocenters. The summed E-state index contributed by atoms with van der Waals surface area (Å²) in [4.78, 5) is 34.9. The predicted molar refractivity (Wildman–Crippen MR) is 130 cm³/mol. The average molecular weight is 447 g/mol. The lowest BCUT2D eigenvalue weighted by atomic mass is 9.78. The number of amides is 1. The number of H-pyrrole nitrogens is 1. The van der Waals surface area contributed by atoms with Crippen LogP contribution in [0.5, 0.6) is 0 Å². The molecule has 0 radical (unpaired) electrons. The van der Waals surface area contributed by atoms with Crippen molar-refractivity contribution in [2.24, 2.45) is 0 Å². The maximum Gasteiger partial charge on any atom is 0.233 e. The Morgan fingerprint density at radius 1 is 1.09 bits per heavy atom. The maximum atomic E-state index is 13.6. The maximum absolute atomic E-state index is 13.6. The molecule has 1 unspecified atom stereocenters. The molecule has 32 heavy (non-hydrogen) atoms. The molecule has 1 aliphatic carbocycles.